The molecule has 2 aromatic carbocycles. The molecule has 2 spiro atoms. The number of aromatic hydroxyl groups is 2. The average molecular weight is 910 g/mol. The van der Waals surface area contributed by atoms with Crippen molar-refractivity contribution in [3.05, 3.63) is 53.1 Å². The molecule has 0 aromatic heterocycles. The normalized spacial score (nSPS) is 32.5. The first kappa shape index (κ1) is 48.1. The molecule has 348 valence electrons. The highest BCUT2D eigenvalue weighted by Crippen LogP contribution is 2.52. The topological polar surface area (TPSA) is 170 Å². The second-order valence-corrected chi connectivity index (χ2v) is 21.7. The smallest absolute Gasteiger partial charge is 0.200 e. The molecule has 3 aliphatic carbocycles. The van der Waals surface area contributed by atoms with E-state index in [9.17, 15) is 30.6 Å². The molecule has 2 saturated carbocycles. The minimum Gasteiger partial charge on any atom is -0.504 e. The van der Waals surface area contributed by atoms with Gasteiger partial charge in [-0.15, -0.1) is 5.92 Å². The molecule has 13 heteroatoms. The number of nitrogens with one attached hydrogen (secondary N) is 1. The minimum absolute atomic E-state index is 0.0585. The number of allylic oxidation sites excluding steroid dienone is 2. The quantitative estimate of drug-likeness (QED) is 0.0530. The zero-order valence-electron chi connectivity index (χ0n) is 37.4. The van der Waals surface area contributed by atoms with E-state index in [4.69, 9.17) is 18.9 Å². The number of ether oxygens (including phenoxy) is 4. The maximum absolute atomic E-state index is 11.8. The molecule has 7 rings (SSSR count). The van der Waals surface area contributed by atoms with Gasteiger partial charge in [-0.2, -0.15) is 0 Å². The summed E-state index contributed by atoms with van der Waals surface area (Å²) in [5.74, 6) is 9.47. The van der Waals surface area contributed by atoms with E-state index in [2.05, 4.69) is 36.2 Å². The van der Waals surface area contributed by atoms with Crippen LogP contribution in [0.2, 0.25) is 0 Å². The van der Waals surface area contributed by atoms with Gasteiger partial charge in [0.15, 0.2) is 23.0 Å². The third-order valence-electron chi connectivity index (χ3n) is 14.8. The molecule has 2 aliphatic heterocycles. The van der Waals surface area contributed by atoms with Gasteiger partial charge >= 0.3 is 0 Å². The molecule has 0 bridgehead atoms. The highest BCUT2D eigenvalue weighted by atomic mass is 33.1. The van der Waals surface area contributed by atoms with Gasteiger partial charge in [-0.1, -0.05) is 65.8 Å². The van der Waals surface area contributed by atoms with Crippen LogP contribution in [-0.4, -0.2) is 101 Å². The SMILES string of the molecule is COc1cc(CC2C(O)CSSC(CCO)c3cc(O)c(OC4CCC5CNC6(CC#CC7(C=CCC(C)C7)C5C4)CCCCC6)cc3CCC(OCO)CC2O)cc(OC)c1O. The number of hydrogen-bond donors (Lipinski definition) is 7. The van der Waals surface area contributed by atoms with E-state index in [1.165, 1.54) is 67.9 Å². The molecule has 2 fully saturated rings. The standard InChI is InChI=1S/C50H71NO10S2/c1-32-9-7-15-49(28-32)16-8-19-50(17-5-4-6-18-50)51-29-35-11-13-37(25-40(35)49)61-44-24-34-10-12-36(60-31-53)26-41(54)39(21-33-22-45(58-2)48(57)46(23-33)59-3)43(56)30-62-63-47(14-20-52)38(34)27-42(44)55/h7,15,22-24,27,32,35-37,39-41,43,47,51-57H,4-6,9-14,17-21,25-26,28-31H2,1-3H3. The first-order valence-electron chi connectivity index (χ1n) is 23.4. The van der Waals surface area contributed by atoms with Crippen LogP contribution in [0.15, 0.2) is 36.4 Å². The first-order chi connectivity index (χ1) is 30.5. The Morgan fingerprint density at radius 2 is 1.68 bits per heavy atom. The van der Waals surface area contributed by atoms with Crippen molar-refractivity contribution in [3.8, 4) is 40.6 Å². The average Bonchev–Trinajstić information content (AvgIpc) is 3.33. The summed E-state index contributed by atoms with van der Waals surface area (Å²) in [7, 11) is 5.90. The molecule has 2 aromatic rings. The highest BCUT2D eigenvalue weighted by Gasteiger charge is 2.47. The van der Waals surface area contributed by atoms with Crippen LogP contribution >= 0.6 is 21.6 Å². The van der Waals surface area contributed by atoms with Crippen LogP contribution in [0.1, 0.15) is 119 Å². The predicted octanol–water partition coefficient (Wildman–Crippen LogP) is 8.01. The monoisotopic (exact) mass is 909 g/mol. The zero-order valence-corrected chi connectivity index (χ0v) is 39.1. The van der Waals surface area contributed by atoms with Crippen LogP contribution in [0.25, 0.3) is 0 Å². The van der Waals surface area contributed by atoms with Crippen molar-refractivity contribution in [1.82, 2.24) is 5.32 Å². The van der Waals surface area contributed by atoms with Crippen molar-refractivity contribution in [1.29, 1.82) is 0 Å². The number of aryl methyl sites for hydroxylation is 1. The molecule has 5 aliphatic rings. The van der Waals surface area contributed by atoms with Crippen LogP contribution in [-0.2, 0) is 17.6 Å². The Kier molecular flexibility index (Phi) is 16.9. The van der Waals surface area contributed by atoms with E-state index in [1.807, 2.05) is 6.07 Å². The lowest BCUT2D eigenvalue weighted by atomic mass is 9.59. The number of rotatable bonds is 10. The van der Waals surface area contributed by atoms with Crippen LogP contribution in [0.5, 0.6) is 28.7 Å². The van der Waals surface area contributed by atoms with E-state index in [1.54, 1.807) is 18.2 Å². The van der Waals surface area contributed by atoms with Crippen molar-refractivity contribution in [2.45, 2.75) is 145 Å². The third-order valence-corrected chi connectivity index (χ3v) is 17.6. The number of benzene rings is 2. The van der Waals surface area contributed by atoms with E-state index >= 15 is 0 Å². The number of fused-ring (bicyclic) bond motifs is 3. The van der Waals surface area contributed by atoms with Crippen LogP contribution in [0.4, 0.5) is 0 Å². The van der Waals surface area contributed by atoms with Crippen LogP contribution < -0.4 is 19.5 Å². The summed E-state index contributed by atoms with van der Waals surface area (Å²) >= 11 is 0. The molecule has 0 saturated heterocycles. The van der Waals surface area contributed by atoms with Crippen molar-refractivity contribution in [3.63, 3.8) is 0 Å². The van der Waals surface area contributed by atoms with Gasteiger partial charge in [0.2, 0.25) is 5.75 Å². The second kappa shape index (κ2) is 22.1. The molecule has 10 atom stereocenters. The molecule has 63 heavy (non-hydrogen) atoms. The summed E-state index contributed by atoms with van der Waals surface area (Å²) in [5.41, 5.74) is 2.43. The van der Waals surface area contributed by atoms with E-state index in [0.717, 1.165) is 56.2 Å². The van der Waals surface area contributed by atoms with Gasteiger partial charge in [-0.05, 0) is 142 Å². The summed E-state index contributed by atoms with van der Waals surface area (Å²) in [6.45, 7) is 2.73. The summed E-state index contributed by atoms with van der Waals surface area (Å²) in [6.07, 6.45) is 15.9. The molecular formula is C50H71NO10S2. The van der Waals surface area contributed by atoms with E-state index in [-0.39, 0.29) is 70.5 Å². The Hall–Kier alpha value is -2.80. The van der Waals surface area contributed by atoms with Gasteiger partial charge < -0.3 is 54.9 Å². The lowest BCUT2D eigenvalue weighted by Gasteiger charge is -2.47. The molecule has 0 radical (unpaired) electrons. The van der Waals surface area contributed by atoms with Gasteiger partial charge in [0.25, 0.3) is 0 Å². The van der Waals surface area contributed by atoms with Gasteiger partial charge in [0, 0.05) is 35.5 Å². The largest absolute Gasteiger partial charge is 0.504 e. The number of aliphatic hydroxyl groups excluding tert-OH is 4. The second-order valence-electron chi connectivity index (χ2n) is 19.1. The first-order valence-corrected chi connectivity index (χ1v) is 25.7. The number of aliphatic hydroxyl groups is 4. The maximum Gasteiger partial charge on any atom is 0.200 e. The van der Waals surface area contributed by atoms with Crippen LogP contribution in [0.3, 0.4) is 0 Å². The molecule has 2 heterocycles. The fourth-order valence-corrected chi connectivity index (χ4v) is 14.3. The van der Waals surface area contributed by atoms with Gasteiger partial charge in [0.05, 0.1) is 44.1 Å². The van der Waals surface area contributed by atoms with Crippen molar-refractivity contribution < 1.29 is 49.6 Å². The molecule has 0 amide bonds. The summed E-state index contributed by atoms with van der Waals surface area (Å²) < 4.78 is 23.5. The van der Waals surface area contributed by atoms with E-state index < -0.39 is 31.0 Å². The van der Waals surface area contributed by atoms with Crippen molar-refractivity contribution in [2.75, 3.05) is 39.9 Å². The Balaban J connectivity index is 1.14. The number of phenolic OH excluding ortho intramolecular Hbond substituents is 2. The Morgan fingerprint density at radius 3 is 2.40 bits per heavy atom. The fraction of sp³-hybridized carbons (Fsp3) is 0.680. The minimum atomic E-state index is -1.01. The summed E-state index contributed by atoms with van der Waals surface area (Å²) in [6, 6.07) is 7.10. The Morgan fingerprint density at radius 1 is 0.905 bits per heavy atom. The predicted molar refractivity (Wildman–Crippen MR) is 249 cm³/mol. The van der Waals surface area contributed by atoms with Gasteiger partial charge in [-0.3, -0.25) is 0 Å². The third kappa shape index (κ3) is 11.6. The lowest BCUT2D eigenvalue weighted by molar-refractivity contribution is -0.0808. The summed E-state index contributed by atoms with van der Waals surface area (Å²) in [4.78, 5) is 0. The number of phenols is 2. The van der Waals surface area contributed by atoms with Gasteiger partial charge in [-0.25, -0.2) is 0 Å². The number of hydrogen-bond acceptors (Lipinski definition) is 13. The Labute approximate surface area is 382 Å². The number of methoxy groups -OCH3 is 2. The zero-order chi connectivity index (χ0) is 44.6. The maximum atomic E-state index is 11.8. The molecule has 7 N–H and O–H groups in total. The molecular weight excluding hydrogens is 839 g/mol. The lowest BCUT2D eigenvalue weighted by Crippen LogP contribution is -2.51. The van der Waals surface area contributed by atoms with E-state index in [0.29, 0.717) is 48.3 Å². The van der Waals surface area contributed by atoms with Crippen LogP contribution in [0, 0.1) is 40.9 Å². The highest BCUT2D eigenvalue weighted by molar-refractivity contribution is 8.76. The molecule has 11 nitrogen and oxygen atoms in total. The molecule has 10 unspecified atom stereocenters. The summed E-state index contributed by atoms with van der Waals surface area (Å²) in [5, 5.41) is 69.9. The Bertz CT molecular complexity index is 1890. The van der Waals surface area contributed by atoms with Crippen molar-refractivity contribution in [2.24, 2.45) is 29.1 Å². The van der Waals surface area contributed by atoms with Gasteiger partial charge in [0.1, 0.15) is 6.79 Å². The fourth-order valence-electron chi connectivity index (χ4n) is 11.4. The van der Waals surface area contributed by atoms with Crippen molar-refractivity contribution >= 4 is 21.6 Å².